The minimum absolute atomic E-state index is 0.379. The minimum atomic E-state index is 0.379. The molecule has 0 amide bonds. The van der Waals surface area contributed by atoms with Gasteiger partial charge in [0.05, 0.1) is 5.69 Å². The Balaban J connectivity index is 1.93. The molecule has 94 valence electrons. The van der Waals surface area contributed by atoms with Crippen molar-refractivity contribution in [3.63, 3.8) is 0 Å². The number of hydrogen-bond donors (Lipinski definition) is 1. The fourth-order valence-electron chi connectivity index (χ4n) is 2.29. The number of piperidine rings is 1. The van der Waals surface area contributed by atoms with Crippen LogP contribution in [0.5, 0.6) is 0 Å². The minimum Gasteiger partial charge on any atom is -0.316 e. The van der Waals surface area contributed by atoms with Crippen LogP contribution in [0.25, 0.3) is 5.69 Å². The molecule has 1 aliphatic rings. The molecule has 0 aliphatic carbocycles. The van der Waals surface area contributed by atoms with Crippen LogP contribution in [0.15, 0.2) is 24.3 Å². The largest absolute Gasteiger partial charge is 0.316 e. The summed E-state index contributed by atoms with van der Waals surface area (Å²) in [5, 5.41) is 16.1. The average Bonchev–Trinajstić information content (AvgIpc) is 2.90. The summed E-state index contributed by atoms with van der Waals surface area (Å²) in [6.07, 6.45) is 2.29. The zero-order valence-electron chi connectivity index (χ0n) is 9.88. The highest BCUT2D eigenvalue weighted by atomic mass is 35.5. The highest BCUT2D eigenvalue weighted by Crippen LogP contribution is 2.23. The van der Waals surface area contributed by atoms with Gasteiger partial charge in [-0.15, -0.1) is 5.10 Å². The molecule has 1 aromatic carbocycles. The Morgan fingerprint density at radius 2 is 2.11 bits per heavy atom. The van der Waals surface area contributed by atoms with Gasteiger partial charge in [0.25, 0.3) is 0 Å². The van der Waals surface area contributed by atoms with Crippen molar-refractivity contribution < 1.29 is 0 Å². The zero-order valence-corrected chi connectivity index (χ0v) is 10.6. The van der Waals surface area contributed by atoms with Crippen molar-refractivity contribution in [1.29, 1.82) is 0 Å². The van der Waals surface area contributed by atoms with Crippen molar-refractivity contribution in [2.75, 3.05) is 13.1 Å². The Morgan fingerprint density at radius 1 is 1.28 bits per heavy atom. The molecule has 6 heteroatoms. The third kappa shape index (κ3) is 2.23. The molecule has 0 spiro atoms. The first-order valence-corrected chi connectivity index (χ1v) is 6.47. The first-order valence-electron chi connectivity index (χ1n) is 6.09. The number of rotatable bonds is 2. The molecule has 18 heavy (non-hydrogen) atoms. The smallest absolute Gasteiger partial charge is 0.161 e. The molecule has 5 nitrogen and oxygen atoms in total. The lowest BCUT2D eigenvalue weighted by Gasteiger charge is -2.21. The fourth-order valence-corrected chi connectivity index (χ4v) is 2.41. The molecule has 3 rings (SSSR count). The van der Waals surface area contributed by atoms with Gasteiger partial charge in [-0.3, -0.25) is 0 Å². The molecule has 0 radical (unpaired) electrons. The maximum absolute atomic E-state index is 5.89. The molecule has 1 saturated heterocycles. The molecule has 1 aliphatic heterocycles. The van der Waals surface area contributed by atoms with Crippen molar-refractivity contribution in [3.8, 4) is 5.69 Å². The highest BCUT2D eigenvalue weighted by Gasteiger charge is 2.21. The molecule has 1 atom stereocenters. The average molecular weight is 264 g/mol. The molecular weight excluding hydrogens is 250 g/mol. The van der Waals surface area contributed by atoms with Crippen LogP contribution in [0.1, 0.15) is 24.6 Å². The summed E-state index contributed by atoms with van der Waals surface area (Å²) in [6, 6.07) is 7.56. The lowest BCUT2D eigenvalue weighted by atomic mass is 9.99. The van der Waals surface area contributed by atoms with Gasteiger partial charge in [0, 0.05) is 17.5 Å². The van der Waals surface area contributed by atoms with E-state index >= 15 is 0 Å². The second-order valence-corrected chi connectivity index (χ2v) is 4.91. The molecule has 1 aromatic heterocycles. The summed E-state index contributed by atoms with van der Waals surface area (Å²) in [6.45, 7) is 2.02. The second-order valence-electron chi connectivity index (χ2n) is 4.47. The van der Waals surface area contributed by atoms with Crippen molar-refractivity contribution in [3.05, 3.63) is 35.1 Å². The molecule has 0 saturated carbocycles. The van der Waals surface area contributed by atoms with E-state index in [4.69, 9.17) is 11.6 Å². The maximum Gasteiger partial charge on any atom is 0.161 e. The summed E-state index contributed by atoms with van der Waals surface area (Å²) in [7, 11) is 0. The van der Waals surface area contributed by atoms with E-state index < -0.39 is 0 Å². The summed E-state index contributed by atoms with van der Waals surface area (Å²) in [5.41, 5.74) is 0.949. The lowest BCUT2D eigenvalue weighted by molar-refractivity contribution is 0.440. The SMILES string of the molecule is Clc1ccc(-n2nnnc2C2CCCNC2)cc1. The molecular formula is C12H14ClN5. The number of tetrazole rings is 1. The Hall–Kier alpha value is -1.46. The monoisotopic (exact) mass is 263 g/mol. The van der Waals surface area contributed by atoms with Gasteiger partial charge in [-0.1, -0.05) is 11.6 Å². The molecule has 1 fully saturated rings. The number of benzene rings is 1. The van der Waals surface area contributed by atoms with E-state index in [0.717, 1.165) is 37.4 Å². The van der Waals surface area contributed by atoms with Crippen LogP contribution in [-0.2, 0) is 0 Å². The van der Waals surface area contributed by atoms with Gasteiger partial charge in [0.15, 0.2) is 5.82 Å². The quantitative estimate of drug-likeness (QED) is 0.897. The van der Waals surface area contributed by atoms with E-state index in [2.05, 4.69) is 20.8 Å². The third-order valence-corrected chi connectivity index (χ3v) is 3.48. The predicted molar refractivity (Wildman–Crippen MR) is 69.0 cm³/mol. The molecule has 2 aromatic rings. The van der Waals surface area contributed by atoms with Crippen LogP contribution in [0.3, 0.4) is 0 Å². The molecule has 0 bridgehead atoms. The van der Waals surface area contributed by atoms with E-state index in [1.165, 1.54) is 0 Å². The summed E-state index contributed by atoms with van der Waals surface area (Å²) in [5.74, 6) is 1.30. The summed E-state index contributed by atoms with van der Waals surface area (Å²) in [4.78, 5) is 0. The van der Waals surface area contributed by atoms with Crippen molar-refractivity contribution in [2.24, 2.45) is 0 Å². The Labute approximate surface area is 110 Å². The van der Waals surface area contributed by atoms with Crippen LogP contribution in [0.2, 0.25) is 5.02 Å². The topological polar surface area (TPSA) is 55.6 Å². The fraction of sp³-hybridized carbons (Fsp3) is 0.417. The maximum atomic E-state index is 5.89. The van der Waals surface area contributed by atoms with E-state index in [-0.39, 0.29) is 0 Å². The van der Waals surface area contributed by atoms with Crippen LogP contribution in [0.4, 0.5) is 0 Å². The van der Waals surface area contributed by atoms with Gasteiger partial charge >= 0.3 is 0 Å². The van der Waals surface area contributed by atoms with Gasteiger partial charge < -0.3 is 5.32 Å². The van der Waals surface area contributed by atoms with Gasteiger partial charge in [0.1, 0.15) is 0 Å². The Morgan fingerprint density at radius 3 is 2.83 bits per heavy atom. The van der Waals surface area contributed by atoms with E-state index in [1.807, 2.05) is 24.3 Å². The van der Waals surface area contributed by atoms with E-state index in [0.29, 0.717) is 10.9 Å². The highest BCUT2D eigenvalue weighted by molar-refractivity contribution is 6.30. The normalized spacial score (nSPS) is 19.9. The number of halogens is 1. The van der Waals surface area contributed by atoms with Gasteiger partial charge in [-0.2, -0.15) is 4.68 Å². The van der Waals surface area contributed by atoms with Crippen molar-refractivity contribution in [1.82, 2.24) is 25.5 Å². The first-order chi connectivity index (χ1) is 8.84. The lowest BCUT2D eigenvalue weighted by Crippen LogP contribution is -2.30. The molecule has 1 N–H and O–H groups in total. The summed E-state index contributed by atoms with van der Waals surface area (Å²) >= 11 is 5.89. The van der Waals surface area contributed by atoms with Gasteiger partial charge in [-0.25, -0.2) is 0 Å². The predicted octanol–water partition coefficient (Wildman–Crippen LogP) is 1.78. The number of hydrogen-bond acceptors (Lipinski definition) is 4. The Kier molecular flexibility index (Phi) is 3.25. The van der Waals surface area contributed by atoms with Crippen LogP contribution in [0, 0.1) is 0 Å². The van der Waals surface area contributed by atoms with Gasteiger partial charge in [-0.05, 0) is 54.1 Å². The third-order valence-electron chi connectivity index (χ3n) is 3.23. The number of nitrogens with one attached hydrogen (secondary N) is 1. The first kappa shape index (κ1) is 11.6. The van der Waals surface area contributed by atoms with Crippen LogP contribution < -0.4 is 5.32 Å². The molecule has 1 unspecified atom stereocenters. The summed E-state index contributed by atoms with van der Waals surface area (Å²) < 4.78 is 1.80. The van der Waals surface area contributed by atoms with Crippen LogP contribution in [-0.4, -0.2) is 33.3 Å². The number of aromatic nitrogens is 4. The van der Waals surface area contributed by atoms with Crippen molar-refractivity contribution >= 4 is 11.6 Å². The Bertz CT molecular complexity index is 516. The van der Waals surface area contributed by atoms with E-state index in [9.17, 15) is 0 Å². The van der Waals surface area contributed by atoms with Crippen molar-refractivity contribution in [2.45, 2.75) is 18.8 Å². The number of nitrogens with zero attached hydrogens (tertiary/aromatic N) is 4. The molecule has 2 heterocycles. The second kappa shape index (κ2) is 5.04. The van der Waals surface area contributed by atoms with Gasteiger partial charge in [0.2, 0.25) is 0 Å². The van der Waals surface area contributed by atoms with E-state index in [1.54, 1.807) is 4.68 Å². The zero-order chi connectivity index (χ0) is 12.4. The standard InChI is InChI=1S/C12H14ClN5/c13-10-3-5-11(6-4-10)18-12(15-16-17-18)9-2-1-7-14-8-9/h3-6,9,14H,1-2,7-8H2. The van der Waals surface area contributed by atoms with Crippen LogP contribution >= 0.6 is 11.6 Å².